The zero-order valence-electron chi connectivity index (χ0n) is 21.2. The maximum atomic E-state index is 13.9. The summed E-state index contributed by atoms with van der Waals surface area (Å²) in [6.45, 7) is 5.36. The molecule has 7 heteroatoms. The van der Waals surface area contributed by atoms with Gasteiger partial charge in [0.2, 0.25) is 5.91 Å². The molecular formula is C29H36BrN3O3. The van der Waals surface area contributed by atoms with Gasteiger partial charge in [0.05, 0.1) is 12.8 Å². The normalized spacial score (nSPS) is 15.0. The Morgan fingerprint density at radius 2 is 1.83 bits per heavy atom. The van der Waals surface area contributed by atoms with Crippen molar-refractivity contribution < 1.29 is 14.0 Å². The largest absolute Gasteiger partial charge is 0.459 e. The zero-order valence-corrected chi connectivity index (χ0v) is 22.8. The van der Waals surface area contributed by atoms with E-state index in [2.05, 4.69) is 57.0 Å². The molecule has 4 rings (SSSR count). The van der Waals surface area contributed by atoms with Crippen LogP contribution in [0.2, 0.25) is 0 Å². The van der Waals surface area contributed by atoms with Crippen LogP contribution < -0.4 is 0 Å². The molecular weight excluding hydrogens is 518 g/mol. The van der Waals surface area contributed by atoms with Crippen molar-refractivity contribution >= 4 is 27.7 Å². The predicted molar refractivity (Wildman–Crippen MR) is 145 cm³/mol. The number of amides is 2. The molecule has 0 saturated heterocycles. The van der Waals surface area contributed by atoms with E-state index < -0.39 is 0 Å². The Hall–Kier alpha value is -2.80. The topological polar surface area (TPSA) is 58.7 Å². The van der Waals surface area contributed by atoms with Gasteiger partial charge in [-0.2, -0.15) is 0 Å². The molecule has 0 radical (unpaired) electrons. The van der Waals surface area contributed by atoms with E-state index in [0.717, 1.165) is 48.8 Å². The standard InChI is InChI=1S/C29H36BrN3O3/c1-3-22(2)32(29(35)27-12-8-18-36-27)21-28(34)33(25-9-5-4-6-10-25)20-26-11-7-17-31(26)19-23-13-15-24(30)16-14-23/h7-8,11-18,22,25H,3-6,9-10,19-21H2,1-2H3. The highest BCUT2D eigenvalue weighted by atomic mass is 79.9. The van der Waals surface area contributed by atoms with Gasteiger partial charge < -0.3 is 18.8 Å². The first-order valence-electron chi connectivity index (χ1n) is 13.0. The van der Waals surface area contributed by atoms with E-state index in [0.29, 0.717) is 6.54 Å². The SMILES string of the molecule is CCC(C)N(CC(=O)N(Cc1cccn1Cc1ccc(Br)cc1)C1CCCCC1)C(=O)c1ccco1. The van der Waals surface area contributed by atoms with Gasteiger partial charge in [-0.15, -0.1) is 0 Å². The zero-order chi connectivity index (χ0) is 25.5. The van der Waals surface area contributed by atoms with Crippen LogP contribution in [0.5, 0.6) is 0 Å². The van der Waals surface area contributed by atoms with Gasteiger partial charge in [0.15, 0.2) is 5.76 Å². The third-order valence-corrected chi connectivity index (χ3v) is 7.81. The van der Waals surface area contributed by atoms with Gasteiger partial charge in [-0.25, -0.2) is 0 Å². The molecule has 6 nitrogen and oxygen atoms in total. The maximum absolute atomic E-state index is 13.9. The molecule has 36 heavy (non-hydrogen) atoms. The fraction of sp³-hybridized carbons (Fsp3) is 0.448. The Morgan fingerprint density at radius 1 is 1.08 bits per heavy atom. The average Bonchev–Trinajstić information content (AvgIpc) is 3.59. The molecule has 2 aromatic heterocycles. The molecule has 0 bridgehead atoms. The van der Waals surface area contributed by atoms with Gasteiger partial charge in [-0.05, 0) is 68.1 Å². The van der Waals surface area contributed by atoms with Crippen molar-refractivity contribution in [3.05, 3.63) is 82.5 Å². The Bertz CT molecular complexity index is 1120. The summed E-state index contributed by atoms with van der Waals surface area (Å²) in [5.41, 5.74) is 2.31. The molecule has 192 valence electrons. The number of nitrogens with zero attached hydrogens (tertiary/aromatic N) is 3. The monoisotopic (exact) mass is 553 g/mol. The summed E-state index contributed by atoms with van der Waals surface area (Å²) in [5, 5.41) is 0. The number of aromatic nitrogens is 1. The van der Waals surface area contributed by atoms with E-state index in [1.165, 1.54) is 18.2 Å². The Balaban J connectivity index is 1.55. The van der Waals surface area contributed by atoms with Crippen molar-refractivity contribution in [2.45, 2.75) is 77.5 Å². The maximum Gasteiger partial charge on any atom is 0.290 e. The Morgan fingerprint density at radius 3 is 2.50 bits per heavy atom. The second-order valence-corrected chi connectivity index (χ2v) is 10.7. The van der Waals surface area contributed by atoms with Gasteiger partial charge >= 0.3 is 0 Å². The van der Waals surface area contributed by atoms with Crippen LogP contribution in [0.15, 0.2) is 69.9 Å². The highest BCUT2D eigenvalue weighted by molar-refractivity contribution is 9.10. The van der Waals surface area contributed by atoms with Crippen molar-refractivity contribution in [1.29, 1.82) is 0 Å². The molecule has 3 aromatic rings. The number of carbonyl (C=O) groups excluding carboxylic acids is 2. The summed E-state index contributed by atoms with van der Waals surface area (Å²) in [7, 11) is 0. The van der Waals surface area contributed by atoms with E-state index in [-0.39, 0.29) is 36.2 Å². The number of rotatable bonds is 10. The lowest BCUT2D eigenvalue weighted by Gasteiger charge is -2.37. The highest BCUT2D eigenvalue weighted by Gasteiger charge is 2.31. The number of carbonyl (C=O) groups is 2. The molecule has 1 unspecified atom stereocenters. The van der Waals surface area contributed by atoms with Crippen LogP contribution in [0.25, 0.3) is 0 Å². The minimum absolute atomic E-state index is 0.00139. The minimum atomic E-state index is -0.232. The summed E-state index contributed by atoms with van der Waals surface area (Å²) in [4.78, 5) is 30.8. The smallest absolute Gasteiger partial charge is 0.290 e. The van der Waals surface area contributed by atoms with Crippen molar-refractivity contribution in [1.82, 2.24) is 14.4 Å². The van der Waals surface area contributed by atoms with Crippen LogP contribution in [-0.2, 0) is 17.9 Å². The van der Waals surface area contributed by atoms with Gasteiger partial charge in [-0.1, -0.05) is 54.2 Å². The minimum Gasteiger partial charge on any atom is -0.459 e. The Labute approximate surface area is 222 Å². The second-order valence-electron chi connectivity index (χ2n) is 9.73. The summed E-state index contributed by atoms with van der Waals surface area (Å²) in [6, 6.07) is 16.0. The highest BCUT2D eigenvalue weighted by Crippen LogP contribution is 2.25. The fourth-order valence-electron chi connectivity index (χ4n) is 4.95. The molecule has 1 aliphatic carbocycles. The number of hydrogen-bond donors (Lipinski definition) is 0. The van der Waals surface area contributed by atoms with Crippen molar-refractivity contribution in [2.75, 3.05) is 6.54 Å². The van der Waals surface area contributed by atoms with E-state index in [4.69, 9.17) is 4.42 Å². The van der Waals surface area contributed by atoms with E-state index in [9.17, 15) is 9.59 Å². The summed E-state index contributed by atoms with van der Waals surface area (Å²) >= 11 is 3.50. The Kier molecular flexibility index (Phi) is 9.08. The summed E-state index contributed by atoms with van der Waals surface area (Å²) in [5.74, 6) is 0.0408. The van der Waals surface area contributed by atoms with Crippen molar-refractivity contribution in [3.8, 4) is 0 Å². The first-order valence-corrected chi connectivity index (χ1v) is 13.8. The molecule has 1 aromatic carbocycles. The number of hydrogen-bond acceptors (Lipinski definition) is 3. The van der Waals surface area contributed by atoms with Crippen LogP contribution in [-0.4, -0.2) is 44.8 Å². The molecule has 2 amide bonds. The van der Waals surface area contributed by atoms with Crippen LogP contribution in [0.4, 0.5) is 0 Å². The van der Waals surface area contributed by atoms with Crippen molar-refractivity contribution in [3.63, 3.8) is 0 Å². The first-order chi connectivity index (χ1) is 17.5. The van der Waals surface area contributed by atoms with Crippen LogP contribution in [0.3, 0.4) is 0 Å². The van der Waals surface area contributed by atoms with Crippen molar-refractivity contribution in [2.24, 2.45) is 0 Å². The van der Waals surface area contributed by atoms with Crippen LogP contribution >= 0.6 is 15.9 Å². The van der Waals surface area contributed by atoms with Gasteiger partial charge in [0.1, 0.15) is 6.54 Å². The lowest BCUT2D eigenvalue weighted by atomic mass is 9.94. The van der Waals surface area contributed by atoms with E-state index >= 15 is 0 Å². The van der Waals surface area contributed by atoms with E-state index in [1.807, 2.05) is 24.8 Å². The lowest BCUT2D eigenvalue weighted by Crippen LogP contribution is -2.49. The van der Waals surface area contributed by atoms with Gasteiger partial charge in [0, 0.05) is 35.0 Å². The van der Waals surface area contributed by atoms with Gasteiger partial charge in [-0.3, -0.25) is 9.59 Å². The van der Waals surface area contributed by atoms with Crippen LogP contribution in [0, 0.1) is 0 Å². The predicted octanol–water partition coefficient (Wildman–Crippen LogP) is 6.49. The fourth-order valence-corrected chi connectivity index (χ4v) is 5.21. The third-order valence-electron chi connectivity index (χ3n) is 7.28. The van der Waals surface area contributed by atoms with E-state index in [1.54, 1.807) is 17.0 Å². The summed E-state index contributed by atoms with van der Waals surface area (Å²) in [6.07, 6.45) is 9.84. The summed E-state index contributed by atoms with van der Waals surface area (Å²) < 4.78 is 8.65. The number of furan rings is 1. The van der Waals surface area contributed by atoms with Crippen LogP contribution in [0.1, 0.15) is 74.2 Å². The molecule has 0 N–H and O–H groups in total. The quantitative estimate of drug-likeness (QED) is 0.288. The number of benzene rings is 1. The number of halogens is 1. The van der Waals surface area contributed by atoms with Gasteiger partial charge in [0.25, 0.3) is 5.91 Å². The molecule has 1 fully saturated rings. The molecule has 1 atom stereocenters. The third kappa shape index (κ3) is 6.49. The molecule has 1 aliphatic rings. The molecule has 0 spiro atoms. The lowest BCUT2D eigenvalue weighted by molar-refractivity contribution is -0.136. The molecule has 0 aliphatic heterocycles. The second kappa shape index (κ2) is 12.4. The molecule has 2 heterocycles. The average molecular weight is 555 g/mol. The first kappa shape index (κ1) is 26.3. The molecule has 1 saturated carbocycles.